The highest BCUT2D eigenvalue weighted by atomic mass is 32.1. The molecule has 3 heteroatoms. The third-order valence-corrected chi connectivity index (χ3v) is 4.83. The molecule has 0 bridgehead atoms. The van der Waals surface area contributed by atoms with E-state index in [0.29, 0.717) is 0 Å². The van der Waals surface area contributed by atoms with Crippen molar-refractivity contribution in [2.75, 3.05) is 0 Å². The van der Waals surface area contributed by atoms with Crippen LogP contribution in [0.1, 0.15) is 56.4 Å². The second kappa shape index (κ2) is 4.46. The summed E-state index contributed by atoms with van der Waals surface area (Å²) in [6.07, 6.45) is 12.8. The number of hydrogen-bond acceptors (Lipinski definition) is 3. The summed E-state index contributed by atoms with van der Waals surface area (Å²) in [5.74, 6) is 0. The van der Waals surface area contributed by atoms with Crippen LogP contribution in [0.25, 0.3) is 0 Å². The molecule has 2 nitrogen and oxygen atoms in total. The van der Waals surface area contributed by atoms with E-state index in [9.17, 15) is 0 Å². The number of rotatable bonds is 3. The zero-order chi connectivity index (χ0) is 10.8. The van der Waals surface area contributed by atoms with Crippen LogP contribution in [0.2, 0.25) is 0 Å². The quantitative estimate of drug-likeness (QED) is 0.813. The van der Waals surface area contributed by atoms with Crippen molar-refractivity contribution in [1.82, 2.24) is 10.3 Å². The highest BCUT2D eigenvalue weighted by molar-refractivity contribution is 7.09. The number of aromatic nitrogens is 1. The van der Waals surface area contributed by atoms with Crippen molar-refractivity contribution in [3.05, 3.63) is 16.6 Å². The summed E-state index contributed by atoms with van der Waals surface area (Å²) < 4.78 is 0. The van der Waals surface area contributed by atoms with Gasteiger partial charge in [0, 0.05) is 17.6 Å². The Morgan fingerprint density at radius 2 is 1.94 bits per heavy atom. The number of hydrogen-bond donors (Lipinski definition) is 1. The molecule has 2 aliphatic rings. The van der Waals surface area contributed by atoms with Crippen LogP contribution in [0, 0.1) is 0 Å². The van der Waals surface area contributed by atoms with Gasteiger partial charge in [-0.15, -0.1) is 11.3 Å². The van der Waals surface area contributed by atoms with E-state index in [1.54, 1.807) is 0 Å². The van der Waals surface area contributed by atoms with E-state index in [1.807, 2.05) is 17.5 Å². The maximum Gasteiger partial charge on any atom is 0.113 e. The van der Waals surface area contributed by atoms with Gasteiger partial charge >= 0.3 is 0 Å². The molecule has 2 fully saturated rings. The van der Waals surface area contributed by atoms with Crippen LogP contribution < -0.4 is 5.32 Å². The minimum absolute atomic E-state index is 0.228. The topological polar surface area (TPSA) is 24.9 Å². The lowest BCUT2D eigenvalue weighted by Gasteiger charge is -2.32. The first-order valence-electron chi connectivity index (χ1n) is 6.57. The number of nitrogens with zero attached hydrogens (tertiary/aromatic N) is 1. The summed E-state index contributed by atoms with van der Waals surface area (Å²) in [4.78, 5) is 4.59. The summed E-state index contributed by atoms with van der Waals surface area (Å²) in [5.41, 5.74) is 0.228. The molecule has 1 heterocycles. The molecular formula is C13H20N2S. The van der Waals surface area contributed by atoms with Crippen LogP contribution in [0.15, 0.2) is 11.6 Å². The Balaban J connectivity index is 1.85. The molecule has 88 valence electrons. The van der Waals surface area contributed by atoms with Gasteiger partial charge in [-0.2, -0.15) is 0 Å². The van der Waals surface area contributed by atoms with Crippen LogP contribution in [-0.2, 0) is 5.54 Å². The van der Waals surface area contributed by atoms with Crippen molar-refractivity contribution < 1.29 is 0 Å². The first-order valence-corrected chi connectivity index (χ1v) is 7.45. The standard InChI is InChI=1S/C13H20N2S/c1-2-4-8-13(7-3-1,15-11-5-6-11)12-14-9-10-16-12/h9-11,15H,1-8H2. The van der Waals surface area contributed by atoms with Gasteiger partial charge in [-0.3, -0.25) is 0 Å². The van der Waals surface area contributed by atoms with E-state index in [2.05, 4.69) is 15.7 Å². The van der Waals surface area contributed by atoms with Gasteiger partial charge in [-0.1, -0.05) is 25.7 Å². The summed E-state index contributed by atoms with van der Waals surface area (Å²) in [5, 5.41) is 7.35. The van der Waals surface area contributed by atoms with Crippen LogP contribution in [0.5, 0.6) is 0 Å². The third kappa shape index (κ3) is 2.16. The molecule has 1 aromatic rings. The van der Waals surface area contributed by atoms with Gasteiger partial charge in [0.05, 0.1) is 5.54 Å². The summed E-state index contributed by atoms with van der Waals surface area (Å²) in [6.45, 7) is 0. The van der Waals surface area contributed by atoms with E-state index in [4.69, 9.17) is 0 Å². The molecule has 0 amide bonds. The minimum Gasteiger partial charge on any atom is -0.303 e. The molecule has 0 unspecified atom stereocenters. The Labute approximate surface area is 101 Å². The highest BCUT2D eigenvalue weighted by Gasteiger charge is 2.39. The van der Waals surface area contributed by atoms with Gasteiger partial charge in [-0.05, 0) is 25.7 Å². The van der Waals surface area contributed by atoms with Crippen molar-refractivity contribution in [1.29, 1.82) is 0 Å². The average Bonchev–Trinajstić information content (AvgIpc) is 2.99. The second-order valence-corrected chi connectivity index (χ2v) is 6.15. The molecule has 2 saturated carbocycles. The average molecular weight is 236 g/mol. The largest absolute Gasteiger partial charge is 0.303 e. The number of thiazole rings is 1. The van der Waals surface area contributed by atoms with Crippen LogP contribution in [0.3, 0.4) is 0 Å². The predicted octanol–water partition coefficient (Wildman–Crippen LogP) is 3.44. The lowest BCUT2D eigenvalue weighted by molar-refractivity contribution is 0.285. The fraction of sp³-hybridized carbons (Fsp3) is 0.769. The highest BCUT2D eigenvalue weighted by Crippen LogP contribution is 2.39. The van der Waals surface area contributed by atoms with Gasteiger partial charge in [0.1, 0.15) is 5.01 Å². The smallest absolute Gasteiger partial charge is 0.113 e. The van der Waals surface area contributed by atoms with Crippen LogP contribution >= 0.6 is 11.3 Å². The fourth-order valence-electron chi connectivity index (χ4n) is 2.83. The van der Waals surface area contributed by atoms with Crippen molar-refractivity contribution in [3.63, 3.8) is 0 Å². The van der Waals surface area contributed by atoms with Crippen molar-refractivity contribution in [2.45, 2.75) is 62.9 Å². The molecule has 1 aromatic heterocycles. The summed E-state index contributed by atoms with van der Waals surface area (Å²) in [6, 6.07) is 0.780. The molecule has 0 spiro atoms. The van der Waals surface area contributed by atoms with Crippen molar-refractivity contribution in [3.8, 4) is 0 Å². The number of nitrogens with one attached hydrogen (secondary N) is 1. The van der Waals surface area contributed by atoms with E-state index < -0.39 is 0 Å². The van der Waals surface area contributed by atoms with Crippen LogP contribution in [-0.4, -0.2) is 11.0 Å². The summed E-state index contributed by atoms with van der Waals surface area (Å²) >= 11 is 1.83. The lowest BCUT2D eigenvalue weighted by Crippen LogP contribution is -2.43. The van der Waals surface area contributed by atoms with Gasteiger partial charge in [-0.25, -0.2) is 4.98 Å². The molecule has 3 rings (SSSR count). The van der Waals surface area contributed by atoms with E-state index in [1.165, 1.54) is 56.4 Å². The van der Waals surface area contributed by atoms with Gasteiger partial charge in [0.2, 0.25) is 0 Å². The SMILES string of the molecule is c1csc(C2(NC3CC3)CCCCCC2)n1. The molecule has 0 atom stereocenters. The maximum absolute atomic E-state index is 4.59. The fourth-order valence-corrected chi connectivity index (χ4v) is 3.69. The van der Waals surface area contributed by atoms with E-state index in [0.717, 1.165) is 6.04 Å². The Morgan fingerprint density at radius 1 is 1.19 bits per heavy atom. The van der Waals surface area contributed by atoms with Crippen LogP contribution in [0.4, 0.5) is 0 Å². The molecule has 1 N–H and O–H groups in total. The monoisotopic (exact) mass is 236 g/mol. The Bertz CT molecular complexity index is 322. The zero-order valence-corrected chi connectivity index (χ0v) is 10.6. The molecule has 2 aliphatic carbocycles. The molecule has 0 saturated heterocycles. The molecule has 16 heavy (non-hydrogen) atoms. The Kier molecular flexibility index (Phi) is 2.99. The molecule has 0 aliphatic heterocycles. The normalized spacial score (nSPS) is 25.2. The third-order valence-electron chi connectivity index (χ3n) is 3.86. The van der Waals surface area contributed by atoms with Crippen molar-refractivity contribution >= 4 is 11.3 Å². The van der Waals surface area contributed by atoms with Gasteiger partial charge in [0.25, 0.3) is 0 Å². The Hall–Kier alpha value is -0.410. The van der Waals surface area contributed by atoms with E-state index in [-0.39, 0.29) is 5.54 Å². The first-order chi connectivity index (χ1) is 7.89. The molecular weight excluding hydrogens is 216 g/mol. The summed E-state index contributed by atoms with van der Waals surface area (Å²) in [7, 11) is 0. The van der Waals surface area contributed by atoms with Crippen molar-refractivity contribution in [2.24, 2.45) is 0 Å². The molecule has 0 aromatic carbocycles. The minimum atomic E-state index is 0.228. The lowest BCUT2D eigenvalue weighted by atomic mass is 9.90. The van der Waals surface area contributed by atoms with Gasteiger partial charge < -0.3 is 5.32 Å². The molecule has 0 radical (unpaired) electrons. The maximum atomic E-state index is 4.59. The predicted molar refractivity (Wildman–Crippen MR) is 67.7 cm³/mol. The van der Waals surface area contributed by atoms with E-state index >= 15 is 0 Å². The second-order valence-electron chi connectivity index (χ2n) is 5.25. The van der Waals surface area contributed by atoms with Gasteiger partial charge in [0.15, 0.2) is 0 Å². The Morgan fingerprint density at radius 3 is 2.50 bits per heavy atom. The first kappa shape index (κ1) is 10.7. The zero-order valence-electron chi connectivity index (χ0n) is 9.74.